The summed E-state index contributed by atoms with van der Waals surface area (Å²) in [6, 6.07) is 17.5. The van der Waals surface area contributed by atoms with Gasteiger partial charge in [0.05, 0.1) is 33.0 Å². The van der Waals surface area contributed by atoms with Crippen molar-refractivity contribution < 1.29 is 14.2 Å². The molecule has 0 aliphatic heterocycles. The molecule has 0 bridgehead atoms. The van der Waals surface area contributed by atoms with Gasteiger partial charge in [0, 0.05) is 35.5 Å². The molecule has 0 spiro atoms. The molecule has 4 rings (SSSR count). The Balaban J connectivity index is 1.51. The quantitative estimate of drug-likeness (QED) is 0.346. The molecule has 0 radical (unpaired) electrons. The van der Waals surface area contributed by atoms with E-state index in [9.17, 15) is 0 Å². The normalized spacial score (nSPS) is 11.6. The van der Waals surface area contributed by atoms with Crippen LogP contribution in [0.5, 0.6) is 0 Å². The maximum absolute atomic E-state index is 5.78. The fourth-order valence-corrected chi connectivity index (χ4v) is 4.19. The van der Waals surface area contributed by atoms with E-state index in [0.717, 1.165) is 6.54 Å². The lowest BCUT2D eigenvalue weighted by molar-refractivity contribution is 0.0234. The Labute approximate surface area is 169 Å². The highest BCUT2D eigenvalue weighted by Crippen LogP contribution is 2.33. The highest BCUT2D eigenvalue weighted by Gasteiger charge is 2.11. The van der Waals surface area contributed by atoms with Crippen LogP contribution in [-0.2, 0) is 20.8 Å². The highest BCUT2D eigenvalue weighted by molar-refractivity contribution is 7.08. The number of thiophene rings is 1. The fourth-order valence-electron chi connectivity index (χ4n) is 3.52. The lowest BCUT2D eigenvalue weighted by atomic mass is 10.1. The number of benzene rings is 2. The van der Waals surface area contributed by atoms with Gasteiger partial charge in [0.2, 0.25) is 0 Å². The van der Waals surface area contributed by atoms with Crippen molar-refractivity contribution in [3.8, 4) is 11.1 Å². The number of hydrogen-bond donors (Lipinski definition) is 0. The summed E-state index contributed by atoms with van der Waals surface area (Å²) < 4.78 is 18.5. The minimum absolute atomic E-state index is 0.598. The summed E-state index contributed by atoms with van der Waals surface area (Å²) in [5.41, 5.74) is 5.04. The molecule has 28 heavy (non-hydrogen) atoms. The number of para-hydroxylation sites is 1. The number of nitrogens with zero attached hydrogens (tertiary/aromatic N) is 1. The van der Waals surface area contributed by atoms with Crippen molar-refractivity contribution >= 4 is 33.1 Å². The molecular weight excluding hydrogens is 370 g/mol. The molecule has 146 valence electrons. The zero-order valence-electron chi connectivity index (χ0n) is 16.1. The first-order valence-corrected chi connectivity index (χ1v) is 10.5. The molecule has 4 nitrogen and oxygen atoms in total. The van der Waals surface area contributed by atoms with Gasteiger partial charge in [-0.1, -0.05) is 24.3 Å². The number of aromatic nitrogens is 1. The number of methoxy groups -OCH3 is 1. The predicted octanol–water partition coefficient (Wildman–Crippen LogP) is 5.20. The topological polar surface area (TPSA) is 32.6 Å². The largest absolute Gasteiger partial charge is 0.382 e. The summed E-state index contributed by atoms with van der Waals surface area (Å²) in [4.78, 5) is 0. The summed E-state index contributed by atoms with van der Waals surface area (Å²) in [7, 11) is 1.68. The third-order valence-corrected chi connectivity index (χ3v) is 5.57. The zero-order valence-corrected chi connectivity index (χ0v) is 16.9. The first kappa shape index (κ1) is 19.2. The van der Waals surface area contributed by atoms with Gasteiger partial charge in [-0.3, -0.25) is 0 Å². The second-order valence-corrected chi connectivity index (χ2v) is 7.41. The van der Waals surface area contributed by atoms with Gasteiger partial charge < -0.3 is 18.8 Å². The average Bonchev–Trinajstić information content (AvgIpc) is 3.37. The van der Waals surface area contributed by atoms with E-state index >= 15 is 0 Å². The minimum Gasteiger partial charge on any atom is -0.382 e. The molecule has 2 aromatic heterocycles. The van der Waals surface area contributed by atoms with Crippen LogP contribution in [0.4, 0.5) is 0 Å². The molecule has 2 aromatic carbocycles. The Morgan fingerprint density at radius 3 is 2.39 bits per heavy atom. The summed E-state index contributed by atoms with van der Waals surface area (Å²) in [6.07, 6.45) is 0. The van der Waals surface area contributed by atoms with Crippen molar-refractivity contribution in [1.29, 1.82) is 0 Å². The maximum Gasteiger partial charge on any atom is 0.0701 e. The molecule has 0 saturated heterocycles. The van der Waals surface area contributed by atoms with Crippen molar-refractivity contribution in [3.05, 3.63) is 59.3 Å². The molecule has 4 aromatic rings. The summed E-state index contributed by atoms with van der Waals surface area (Å²) in [5, 5.41) is 6.90. The Hall–Kier alpha value is -2.18. The fraction of sp³-hybridized carbons (Fsp3) is 0.304. The smallest absolute Gasteiger partial charge is 0.0701 e. The van der Waals surface area contributed by atoms with E-state index in [1.54, 1.807) is 18.4 Å². The van der Waals surface area contributed by atoms with Crippen LogP contribution in [0.2, 0.25) is 0 Å². The van der Waals surface area contributed by atoms with Crippen molar-refractivity contribution in [2.45, 2.75) is 6.54 Å². The molecule has 0 amide bonds. The molecule has 0 N–H and O–H groups in total. The molecule has 0 fully saturated rings. The van der Waals surface area contributed by atoms with E-state index in [1.165, 1.54) is 32.9 Å². The van der Waals surface area contributed by atoms with E-state index < -0.39 is 0 Å². The molecule has 0 unspecified atom stereocenters. The van der Waals surface area contributed by atoms with Crippen LogP contribution in [-0.4, -0.2) is 44.7 Å². The standard InChI is InChI=1S/C23H25NO3S/c1-25-11-12-27-14-13-26-10-9-24-22-5-3-2-4-20(22)21-16-18(6-7-23(21)24)19-8-15-28-17-19/h2-8,15-17H,9-14H2,1H3. The Kier molecular flexibility index (Phi) is 6.39. The van der Waals surface area contributed by atoms with Crippen LogP contribution >= 0.6 is 11.3 Å². The zero-order chi connectivity index (χ0) is 19.2. The lowest BCUT2D eigenvalue weighted by Gasteiger charge is -2.09. The monoisotopic (exact) mass is 395 g/mol. The summed E-state index contributed by atoms with van der Waals surface area (Å²) in [5.74, 6) is 0. The Bertz CT molecular complexity index is 1020. The van der Waals surface area contributed by atoms with E-state index in [1.807, 2.05) is 0 Å². The Morgan fingerprint density at radius 1 is 0.786 bits per heavy atom. The molecule has 0 saturated carbocycles. The second-order valence-electron chi connectivity index (χ2n) is 6.63. The number of ether oxygens (including phenoxy) is 3. The van der Waals surface area contributed by atoms with Gasteiger partial charge in [0.1, 0.15) is 0 Å². The molecule has 2 heterocycles. The molecule has 0 aliphatic rings. The van der Waals surface area contributed by atoms with Crippen molar-refractivity contribution in [1.82, 2.24) is 4.57 Å². The first-order valence-electron chi connectivity index (χ1n) is 9.56. The van der Waals surface area contributed by atoms with Crippen molar-refractivity contribution in [3.63, 3.8) is 0 Å². The van der Waals surface area contributed by atoms with Crippen LogP contribution in [0.3, 0.4) is 0 Å². The van der Waals surface area contributed by atoms with E-state index in [2.05, 4.69) is 63.9 Å². The number of fused-ring (bicyclic) bond motifs is 3. The minimum atomic E-state index is 0.598. The van der Waals surface area contributed by atoms with Crippen molar-refractivity contribution in [2.75, 3.05) is 40.1 Å². The lowest BCUT2D eigenvalue weighted by Crippen LogP contribution is -2.11. The summed E-state index contributed by atoms with van der Waals surface area (Å²) >= 11 is 1.73. The first-order chi connectivity index (χ1) is 13.9. The van der Waals surface area contributed by atoms with Gasteiger partial charge >= 0.3 is 0 Å². The van der Waals surface area contributed by atoms with Crippen LogP contribution in [0.1, 0.15) is 0 Å². The Morgan fingerprint density at radius 2 is 1.57 bits per heavy atom. The molecular formula is C23H25NO3S. The van der Waals surface area contributed by atoms with E-state index in [0.29, 0.717) is 33.0 Å². The van der Waals surface area contributed by atoms with Gasteiger partial charge in [-0.25, -0.2) is 0 Å². The number of rotatable bonds is 10. The van der Waals surface area contributed by atoms with Crippen LogP contribution in [0, 0.1) is 0 Å². The molecule has 0 aliphatic carbocycles. The van der Waals surface area contributed by atoms with Gasteiger partial charge in [-0.2, -0.15) is 11.3 Å². The second kappa shape index (κ2) is 9.34. The highest BCUT2D eigenvalue weighted by atomic mass is 32.1. The summed E-state index contributed by atoms with van der Waals surface area (Å²) in [6.45, 7) is 3.91. The van der Waals surface area contributed by atoms with Crippen LogP contribution < -0.4 is 0 Å². The maximum atomic E-state index is 5.78. The molecule has 5 heteroatoms. The van der Waals surface area contributed by atoms with Gasteiger partial charge in [-0.15, -0.1) is 0 Å². The molecule has 0 atom stereocenters. The average molecular weight is 396 g/mol. The van der Waals surface area contributed by atoms with Crippen molar-refractivity contribution in [2.24, 2.45) is 0 Å². The predicted molar refractivity (Wildman–Crippen MR) is 116 cm³/mol. The van der Waals surface area contributed by atoms with Gasteiger partial charge in [0.25, 0.3) is 0 Å². The van der Waals surface area contributed by atoms with E-state index in [-0.39, 0.29) is 0 Å². The third-order valence-electron chi connectivity index (χ3n) is 4.89. The van der Waals surface area contributed by atoms with Gasteiger partial charge in [0.15, 0.2) is 0 Å². The third kappa shape index (κ3) is 4.13. The van der Waals surface area contributed by atoms with Crippen LogP contribution in [0.25, 0.3) is 32.9 Å². The van der Waals surface area contributed by atoms with E-state index in [4.69, 9.17) is 14.2 Å². The SMILES string of the molecule is COCCOCCOCCn1c2ccccc2c2cc(-c3ccsc3)ccc21. The number of hydrogen-bond acceptors (Lipinski definition) is 4. The van der Waals surface area contributed by atoms with Gasteiger partial charge in [-0.05, 0) is 46.2 Å². The van der Waals surface area contributed by atoms with Crippen LogP contribution in [0.15, 0.2) is 59.3 Å².